The molecule has 0 heterocycles. The molecule has 0 aliphatic heterocycles. The highest BCUT2D eigenvalue weighted by molar-refractivity contribution is 5.89. The van der Waals surface area contributed by atoms with Gasteiger partial charge in [0.2, 0.25) is 0 Å². The number of nitrogens with zero attached hydrogens (tertiary/aromatic N) is 1. The van der Waals surface area contributed by atoms with Crippen molar-refractivity contribution in [1.82, 2.24) is 5.32 Å². The second kappa shape index (κ2) is 7.83. The summed E-state index contributed by atoms with van der Waals surface area (Å²) in [6.45, 7) is 5.96. The lowest BCUT2D eigenvalue weighted by atomic mass is 10.2. The van der Waals surface area contributed by atoms with Gasteiger partial charge in [0, 0.05) is 25.3 Å². The van der Waals surface area contributed by atoms with E-state index in [9.17, 15) is 9.18 Å². The number of amides is 2. The molecule has 1 unspecified atom stereocenters. The number of halogens is 1. The molecule has 21 heavy (non-hydrogen) atoms. The van der Waals surface area contributed by atoms with Gasteiger partial charge in [0.25, 0.3) is 0 Å². The Labute approximate surface area is 125 Å². The van der Waals surface area contributed by atoms with Crippen LogP contribution < -0.4 is 15.5 Å². The maximum atomic E-state index is 14.0. The van der Waals surface area contributed by atoms with E-state index in [-0.39, 0.29) is 11.9 Å². The lowest BCUT2D eigenvalue weighted by molar-refractivity contribution is 0.184. The summed E-state index contributed by atoms with van der Waals surface area (Å²) in [5.74, 6) is -0.381. The Bertz CT molecular complexity index is 478. The quantitative estimate of drug-likeness (QED) is 0.756. The molecule has 6 heteroatoms. The SMILES string of the molecule is CC(O)CCNC(=O)Nc1ccc(N(C)C(C)C)c(F)c1. The van der Waals surface area contributed by atoms with Gasteiger partial charge in [0.05, 0.1) is 11.8 Å². The highest BCUT2D eigenvalue weighted by Gasteiger charge is 2.12. The lowest BCUT2D eigenvalue weighted by Crippen LogP contribution is -2.31. The van der Waals surface area contributed by atoms with E-state index >= 15 is 0 Å². The number of aliphatic hydroxyl groups excluding tert-OH is 1. The normalized spacial score (nSPS) is 12.1. The zero-order valence-electron chi connectivity index (χ0n) is 13.0. The van der Waals surface area contributed by atoms with E-state index in [1.807, 2.05) is 25.8 Å². The topological polar surface area (TPSA) is 64.6 Å². The van der Waals surface area contributed by atoms with Crippen LogP contribution in [0.4, 0.5) is 20.6 Å². The molecule has 0 radical (unpaired) electrons. The Balaban J connectivity index is 2.61. The van der Waals surface area contributed by atoms with Crippen LogP contribution in [0.15, 0.2) is 18.2 Å². The third-order valence-electron chi connectivity index (χ3n) is 3.21. The smallest absolute Gasteiger partial charge is 0.319 e. The van der Waals surface area contributed by atoms with Gasteiger partial charge in [0.1, 0.15) is 5.82 Å². The van der Waals surface area contributed by atoms with Crippen molar-refractivity contribution in [2.75, 3.05) is 23.8 Å². The Morgan fingerprint density at radius 3 is 2.57 bits per heavy atom. The van der Waals surface area contributed by atoms with Crippen LogP contribution in [0.2, 0.25) is 0 Å². The third kappa shape index (κ3) is 5.59. The summed E-state index contributed by atoms with van der Waals surface area (Å²) in [6, 6.07) is 4.36. The van der Waals surface area contributed by atoms with Crippen LogP contribution in [0.3, 0.4) is 0 Å². The molecule has 0 fully saturated rings. The minimum Gasteiger partial charge on any atom is -0.393 e. The fourth-order valence-electron chi connectivity index (χ4n) is 1.72. The summed E-state index contributed by atoms with van der Waals surface area (Å²) in [7, 11) is 1.82. The van der Waals surface area contributed by atoms with Crippen LogP contribution in [0.1, 0.15) is 27.2 Å². The number of hydrogen-bond acceptors (Lipinski definition) is 3. The van der Waals surface area contributed by atoms with Crippen molar-refractivity contribution < 1.29 is 14.3 Å². The number of anilines is 2. The lowest BCUT2D eigenvalue weighted by Gasteiger charge is -2.24. The third-order valence-corrected chi connectivity index (χ3v) is 3.21. The highest BCUT2D eigenvalue weighted by atomic mass is 19.1. The van der Waals surface area contributed by atoms with Crippen molar-refractivity contribution in [3.63, 3.8) is 0 Å². The van der Waals surface area contributed by atoms with E-state index in [2.05, 4.69) is 10.6 Å². The fourth-order valence-corrected chi connectivity index (χ4v) is 1.72. The van der Waals surface area contributed by atoms with Gasteiger partial charge in [0.15, 0.2) is 0 Å². The second-order valence-corrected chi connectivity index (χ2v) is 5.39. The van der Waals surface area contributed by atoms with Crippen molar-refractivity contribution in [2.24, 2.45) is 0 Å². The van der Waals surface area contributed by atoms with Crippen LogP contribution in [-0.2, 0) is 0 Å². The molecule has 0 spiro atoms. The monoisotopic (exact) mass is 297 g/mol. The molecule has 2 amide bonds. The van der Waals surface area contributed by atoms with Gasteiger partial charge in [-0.2, -0.15) is 0 Å². The first-order chi connectivity index (χ1) is 9.81. The molecule has 5 nitrogen and oxygen atoms in total. The van der Waals surface area contributed by atoms with Crippen molar-refractivity contribution in [3.8, 4) is 0 Å². The largest absolute Gasteiger partial charge is 0.393 e. The summed E-state index contributed by atoms with van der Waals surface area (Å²) in [4.78, 5) is 13.4. The van der Waals surface area contributed by atoms with Gasteiger partial charge >= 0.3 is 6.03 Å². The van der Waals surface area contributed by atoms with E-state index in [0.29, 0.717) is 24.3 Å². The number of hydrogen-bond donors (Lipinski definition) is 3. The first-order valence-corrected chi connectivity index (χ1v) is 7.06. The Morgan fingerprint density at radius 1 is 1.38 bits per heavy atom. The fraction of sp³-hybridized carbons (Fsp3) is 0.533. The van der Waals surface area contributed by atoms with Gasteiger partial charge in [-0.15, -0.1) is 0 Å². The zero-order chi connectivity index (χ0) is 16.0. The van der Waals surface area contributed by atoms with Crippen LogP contribution in [0.5, 0.6) is 0 Å². The standard InChI is InChI=1S/C15H24FN3O2/c1-10(2)19(4)14-6-5-12(9-13(14)16)18-15(21)17-8-7-11(3)20/h5-6,9-11,20H,7-8H2,1-4H3,(H2,17,18,21). The molecular weight excluding hydrogens is 273 g/mol. The Hall–Kier alpha value is -1.82. The number of carbonyl (C=O) groups is 1. The van der Waals surface area contributed by atoms with E-state index in [0.717, 1.165) is 0 Å². The average molecular weight is 297 g/mol. The van der Waals surface area contributed by atoms with Gasteiger partial charge in [-0.25, -0.2) is 9.18 Å². The molecule has 0 aromatic heterocycles. The Kier molecular flexibility index (Phi) is 6.42. The van der Waals surface area contributed by atoms with Gasteiger partial charge in [-0.05, 0) is 45.4 Å². The molecule has 1 atom stereocenters. The molecule has 0 bridgehead atoms. The summed E-state index contributed by atoms with van der Waals surface area (Å²) in [6.07, 6.45) is 0.00786. The van der Waals surface area contributed by atoms with E-state index in [4.69, 9.17) is 5.11 Å². The number of rotatable bonds is 6. The van der Waals surface area contributed by atoms with Gasteiger partial charge in [-0.3, -0.25) is 0 Å². The van der Waals surface area contributed by atoms with Crippen LogP contribution >= 0.6 is 0 Å². The number of carbonyl (C=O) groups excluding carboxylic acids is 1. The van der Waals surface area contributed by atoms with E-state index in [1.165, 1.54) is 6.07 Å². The summed E-state index contributed by atoms with van der Waals surface area (Å²) in [5, 5.41) is 14.2. The molecule has 0 aliphatic carbocycles. The van der Waals surface area contributed by atoms with Crippen molar-refractivity contribution in [1.29, 1.82) is 0 Å². The van der Waals surface area contributed by atoms with E-state index in [1.54, 1.807) is 19.1 Å². The van der Waals surface area contributed by atoms with Crippen molar-refractivity contribution >= 4 is 17.4 Å². The highest BCUT2D eigenvalue weighted by Crippen LogP contribution is 2.23. The molecule has 1 aromatic rings. The van der Waals surface area contributed by atoms with Gasteiger partial charge < -0.3 is 20.6 Å². The second-order valence-electron chi connectivity index (χ2n) is 5.39. The number of benzene rings is 1. The molecule has 0 saturated heterocycles. The predicted octanol–water partition coefficient (Wildman–Crippen LogP) is 2.56. The molecule has 1 aromatic carbocycles. The van der Waals surface area contributed by atoms with Gasteiger partial charge in [-0.1, -0.05) is 0 Å². The summed E-state index contributed by atoms with van der Waals surface area (Å²) in [5.41, 5.74) is 0.882. The minimum absolute atomic E-state index is 0.182. The van der Waals surface area contributed by atoms with Crippen LogP contribution in [-0.4, -0.2) is 36.9 Å². The van der Waals surface area contributed by atoms with Crippen LogP contribution in [0.25, 0.3) is 0 Å². The summed E-state index contributed by atoms with van der Waals surface area (Å²) < 4.78 is 14.0. The number of nitrogens with one attached hydrogen (secondary N) is 2. The first-order valence-electron chi connectivity index (χ1n) is 7.06. The minimum atomic E-state index is -0.464. The molecule has 0 saturated carbocycles. The Morgan fingerprint density at radius 2 is 2.05 bits per heavy atom. The average Bonchev–Trinajstić information content (AvgIpc) is 2.37. The predicted molar refractivity (Wildman–Crippen MR) is 83.3 cm³/mol. The molecule has 3 N–H and O–H groups in total. The maximum Gasteiger partial charge on any atom is 0.319 e. The van der Waals surface area contributed by atoms with Crippen LogP contribution in [0, 0.1) is 5.82 Å². The van der Waals surface area contributed by atoms with Crippen molar-refractivity contribution in [2.45, 2.75) is 39.3 Å². The van der Waals surface area contributed by atoms with E-state index < -0.39 is 12.1 Å². The van der Waals surface area contributed by atoms with Crippen molar-refractivity contribution in [3.05, 3.63) is 24.0 Å². The molecule has 0 aliphatic rings. The number of urea groups is 1. The number of aliphatic hydroxyl groups is 1. The zero-order valence-corrected chi connectivity index (χ0v) is 13.0. The summed E-state index contributed by atoms with van der Waals surface area (Å²) >= 11 is 0. The molecular formula is C15H24FN3O2. The molecule has 1 rings (SSSR count). The maximum absolute atomic E-state index is 14.0. The first kappa shape index (κ1) is 17.2. The molecule has 118 valence electrons.